The summed E-state index contributed by atoms with van der Waals surface area (Å²) < 4.78 is 0. The fourth-order valence-corrected chi connectivity index (χ4v) is 2.07. The molecule has 0 aliphatic rings. The number of hydrogen-bond acceptors (Lipinski definition) is 0. The third-order valence-corrected chi connectivity index (χ3v) is 3.64. The van der Waals surface area contributed by atoms with Crippen LogP contribution in [0, 0.1) is 23.7 Å². The minimum atomic E-state index is 0.850. The minimum Gasteiger partial charge on any atom is -0.0628 e. The van der Waals surface area contributed by atoms with Crippen LogP contribution < -0.4 is 0 Å². The molecule has 2 atom stereocenters. The maximum Gasteiger partial charge on any atom is -0.0417 e. The van der Waals surface area contributed by atoms with Gasteiger partial charge in [0.1, 0.15) is 0 Å². The van der Waals surface area contributed by atoms with E-state index < -0.39 is 0 Å². The lowest BCUT2D eigenvalue weighted by Crippen LogP contribution is -2.09. The van der Waals surface area contributed by atoms with E-state index in [1.165, 1.54) is 32.1 Å². The smallest absolute Gasteiger partial charge is 0.0417 e. The molecule has 0 spiro atoms. The van der Waals surface area contributed by atoms with Gasteiger partial charge in [-0.05, 0) is 30.1 Å². The number of rotatable bonds is 8. The zero-order chi connectivity index (χ0) is 11.8. The molecule has 2 unspecified atom stereocenters. The molecule has 0 heteroatoms. The molecule has 0 amide bonds. The van der Waals surface area contributed by atoms with Crippen LogP contribution in [0.1, 0.15) is 73.6 Å². The van der Waals surface area contributed by atoms with Crippen molar-refractivity contribution < 1.29 is 0 Å². The lowest BCUT2D eigenvalue weighted by atomic mass is 9.86. The predicted octanol–water partition coefficient (Wildman–Crippen LogP) is 5.52. The summed E-state index contributed by atoms with van der Waals surface area (Å²) in [5, 5.41) is 0. The Morgan fingerprint density at radius 1 is 0.733 bits per heavy atom. The summed E-state index contributed by atoms with van der Waals surface area (Å²) in [6.45, 7) is 14.2. The van der Waals surface area contributed by atoms with Crippen LogP contribution in [0.2, 0.25) is 0 Å². The van der Waals surface area contributed by atoms with Gasteiger partial charge in [0.15, 0.2) is 0 Å². The van der Waals surface area contributed by atoms with Crippen molar-refractivity contribution in [2.75, 3.05) is 0 Å². The molecule has 0 aromatic carbocycles. The highest BCUT2D eigenvalue weighted by atomic mass is 14.2. The number of unbranched alkanes of at least 4 members (excludes halogenated alkanes) is 1. The van der Waals surface area contributed by atoms with Crippen LogP contribution in [-0.4, -0.2) is 0 Å². The first-order valence-electron chi connectivity index (χ1n) is 6.93. The Labute approximate surface area is 97.8 Å². The van der Waals surface area contributed by atoms with Crippen LogP contribution in [0.5, 0.6) is 0 Å². The summed E-state index contributed by atoms with van der Waals surface area (Å²) in [6, 6.07) is 0. The van der Waals surface area contributed by atoms with Crippen molar-refractivity contribution in [2.24, 2.45) is 23.7 Å². The van der Waals surface area contributed by atoms with Crippen LogP contribution in [0.15, 0.2) is 0 Å². The van der Waals surface area contributed by atoms with Gasteiger partial charge >= 0.3 is 0 Å². The molecule has 0 aliphatic carbocycles. The maximum atomic E-state index is 2.42. The highest BCUT2D eigenvalue weighted by Crippen LogP contribution is 2.23. The SMILES string of the molecule is CC(C)CCCCC(C)CC(C)C(C)C. The summed E-state index contributed by atoms with van der Waals surface area (Å²) in [7, 11) is 0. The van der Waals surface area contributed by atoms with Crippen molar-refractivity contribution in [2.45, 2.75) is 73.6 Å². The molecule has 0 aromatic rings. The number of hydrogen-bond donors (Lipinski definition) is 0. The van der Waals surface area contributed by atoms with Crippen LogP contribution in [0.25, 0.3) is 0 Å². The average Bonchev–Trinajstić information content (AvgIpc) is 2.12. The third-order valence-electron chi connectivity index (χ3n) is 3.64. The van der Waals surface area contributed by atoms with E-state index in [1.807, 2.05) is 0 Å². The monoisotopic (exact) mass is 212 g/mol. The van der Waals surface area contributed by atoms with Gasteiger partial charge in [0, 0.05) is 0 Å². The molecule has 0 rings (SSSR count). The first-order chi connectivity index (χ1) is 6.93. The van der Waals surface area contributed by atoms with Gasteiger partial charge in [0.25, 0.3) is 0 Å². The van der Waals surface area contributed by atoms with E-state index in [9.17, 15) is 0 Å². The molecule has 0 nitrogen and oxygen atoms in total. The molecule has 0 saturated heterocycles. The van der Waals surface area contributed by atoms with Gasteiger partial charge in [-0.15, -0.1) is 0 Å². The van der Waals surface area contributed by atoms with Gasteiger partial charge in [-0.1, -0.05) is 67.2 Å². The van der Waals surface area contributed by atoms with Crippen LogP contribution in [-0.2, 0) is 0 Å². The molecular formula is C15H32. The van der Waals surface area contributed by atoms with Crippen molar-refractivity contribution in [1.82, 2.24) is 0 Å². The zero-order valence-corrected chi connectivity index (χ0v) is 11.8. The molecule has 0 aliphatic heterocycles. The molecule has 0 bridgehead atoms. The van der Waals surface area contributed by atoms with E-state index in [1.54, 1.807) is 0 Å². The molecule has 15 heavy (non-hydrogen) atoms. The van der Waals surface area contributed by atoms with E-state index in [-0.39, 0.29) is 0 Å². The van der Waals surface area contributed by atoms with Crippen LogP contribution in [0.4, 0.5) is 0 Å². The van der Waals surface area contributed by atoms with Gasteiger partial charge in [-0.25, -0.2) is 0 Å². The van der Waals surface area contributed by atoms with Gasteiger partial charge in [0.2, 0.25) is 0 Å². The lowest BCUT2D eigenvalue weighted by Gasteiger charge is -2.20. The Bertz CT molecular complexity index is 135. The normalized spacial score (nSPS) is 16.0. The van der Waals surface area contributed by atoms with E-state index >= 15 is 0 Å². The van der Waals surface area contributed by atoms with E-state index in [4.69, 9.17) is 0 Å². The summed E-state index contributed by atoms with van der Waals surface area (Å²) in [5.41, 5.74) is 0. The second-order valence-electron chi connectivity index (χ2n) is 6.24. The zero-order valence-electron chi connectivity index (χ0n) is 11.8. The summed E-state index contributed by atoms with van der Waals surface area (Å²) >= 11 is 0. The Hall–Kier alpha value is 0. The lowest BCUT2D eigenvalue weighted by molar-refractivity contribution is 0.314. The summed E-state index contributed by atoms with van der Waals surface area (Å²) in [5.74, 6) is 3.55. The molecule has 0 saturated carbocycles. The topological polar surface area (TPSA) is 0 Å². The molecule has 0 fully saturated rings. The van der Waals surface area contributed by atoms with Crippen molar-refractivity contribution in [1.29, 1.82) is 0 Å². The van der Waals surface area contributed by atoms with Crippen molar-refractivity contribution in [3.05, 3.63) is 0 Å². The first-order valence-corrected chi connectivity index (χ1v) is 6.93. The van der Waals surface area contributed by atoms with Crippen molar-refractivity contribution >= 4 is 0 Å². The second kappa shape index (κ2) is 8.19. The quantitative estimate of drug-likeness (QED) is 0.465. The first kappa shape index (κ1) is 15.0. The maximum absolute atomic E-state index is 2.42. The molecule has 0 radical (unpaired) electrons. The molecule has 0 N–H and O–H groups in total. The molecule has 92 valence electrons. The van der Waals surface area contributed by atoms with Crippen LogP contribution >= 0.6 is 0 Å². The Kier molecular flexibility index (Phi) is 8.19. The molecular weight excluding hydrogens is 180 g/mol. The summed E-state index contributed by atoms with van der Waals surface area (Å²) in [6.07, 6.45) is 7.12. The summed E-state index contributed by atoms with van der Waals surface area (Å²) in [4.78, 5) is 0. The Morgan fingerprint density at radius 2 is 1.27 bits per heavy atom. The van der Waals surface area contributed by atoms with Crippen LogP contribution in [0.3, 0.4) is 0 Å². The van der Waals surface area contributed by atoms with E-state index in [0.717, 1.165) is 23.7 Å². The van der Waals surface area contributed by atoms with E-state index in [0.29, 0.717) is 0 Å². The van der Waals surface area contributed by atoms with Crippen molar-refractivity contribution in [3.8, 4) is 0 Å². The van der Waals surface area contributed by atoms with Crippen molar-refractivity contribution in [3.63, 3.8) is 0 Å². The third kappa shape index (κ3) is 8.96. The molecule has 0 aromatic heterocycles. The second-order valence-corrected chi connectivity index (χ2v) is 6.24. The van der Waals surface area contributed by atoms with Gasteiger partial charge in [-0.3, -0.25) is 0 Å². The Morgan fingerprint density at radius 3 is 1.73 bits per heavy atom. The molecule has 0 heterocycles. The average molecular weight is 212 g/mol. The van der Waals surface area contributed by atoms with E-state index in [2.05, 4.69) is 41.5 Å². The fourth-order valence-electron chi connectivity index (χ4n) is 2.07. The van der Waals surface area contributed by atoms with Gasteiger partial charge in [-0.2, -0.15) is 0 Å². The standard InChI is InChI=1S/C15H32/c1-12(2)9-7-8-10-14(5)11-15(6)13(3)4/h12-15H,7-11H2,1-6H3. The Balaban J connectivity index is 3.44. The highest BCUT2D eigenvalue weighted by Gasteiger charge is 2.11. The van der Waals surface area contributed by atoms with Gasteiger partial charge < -0.3 is 0 Å². The highest BCUT2D eigenvalue weighted by molar-refractivity contribution is 4.63. The van der Waals surface area contributed by atoms with Gasteiger partial charge in [0.05, 0.1) is 0 Å². The fraction of sp³-hybridized carbons (Fsp3) is 1.00. The predicted molar refractivity (Wildman–Crippen MR) is 71.1 cm³/mol. The largest absolute Gasteiger partial charge is 0.0628 e. The minimum absolute atomic E-state index is 0.850.